The van der Waals surface area contributed by atoms with Gasteiger partial charge < -0.3 is 0 Å². The molecule has 0 unspecified atom stereocenters. The summed E-state index contributed by atoms with van der Waals surface area (Å²) < 4.78 is 0. The van der Waals surface area contributed by atoms with Crippen LogP contribution in [0.4, 0.5) is 0 Å². The van der Waals surface area contributed by atoms with Gasteiger partial charge in [0.2, 0.25) is 0 Å². The van der Waals surface area contributed by atoms with Crippen LogP contribution >= 0.6 is 23.2 Å². The normalized spacial score (nSPS) is 10.3. The van der Waals surface area contributed by atoms with Crippen molar-refractivity contribution < 1.29 is 0 Å². The molecule has 2 rings (SSSR count). The minimum atomic E-state index is 0.697. The average molecular weight is 236 g/mol. The van der Waals surface area contributed by atoms with E-state index in [0.717, 1.165) is 16.7 Å². The van der Waals surface area contributed by atoms with Crippen LogP contribution in [0.3, 0.4) is 0 Å². The van der Waals surface area contributed by atoms with Crippen molar-refractivity contribution in [3.63, 3.8) is 0 Å². The van der Waals surface area contributed by atoms with Gasteiger partial charge in [-0.2, -0.15) is 0 Å². The first-order valence-corrected chi connectivity index (χ1v) is 5.37. The third-order valence-electron chi connectivity index (χ3n) is 2.27. The van der Waals surface area contributed by atoms with E-state index in [4.69, 9.17) is 23.2 Å². The fourth-order valence-electron chi connectivity index (χ4n) is 1.49. The zero-order valence-corrected chi connectivity index (χ0v) is 9.73. The van der Waals surface area contributed by atoms with Gasteiger partial charge in [-0.05, 0) is 42.3 Å². The van der Waals surface area contributed by atoms with E-state index in [9.17, 15) is 0 Å². The van der Waals surface area contributed by atoms with Gasteiger partial charge in [0.1, 0.15) is 0 Å². The van der Waals surface area contributed by atoms with Gasteiger partial charge in [0.15, 0.2) is 0 Å². The maximum absolute atomic E-state index is 6.11. The third kappa shape index (κ3) is 2.17. The number of hydrogen-bond donors (Lipinski definition) is 0. The van der Waals surface area contributed by atoms with E-state index in [1.54, 1.807) is 0 Å². The third-order valence-corrected chi connectivity index (χ3v) is 2.82. The molecule has 0 atom stereocenters. The van der Waals surface area contributed by atoms with E-state index in [0.29, 0.717) is 10.0 Å². The monoisotopic (exact) mass is 235 g/mol. The molecule has 0 aliphatic rings. The van der Waals surface area contributed by atoms with E-state index in [2.05, 4.69) is 6.07 Å². The van der Waals surface area contributed by atoms with Crippen molar-refractivity contribution in [3.05, 3.63) is 58.1 Å². The van der Waals surface area contributed by atoms with Crippen LogP contribution in [0.25, 0.3) is 11.1 Å². The first kappa shape index (κ1) is 10.5. The van der Waals surface area contributed by atoms with Crippen LogP contribution in [0.1, 0.15) is 5.56 Å². The highest BCUT2D eigenvalue weighted by Crippen LogP contribution is 2.31. The average Bonchev–Trinajstić information content (AvgIpc) is 2.23. The summed E-state index contributed by atoms with van der Waals surface area (Å²) in [5, 5.41) is 1.41. The topological polar surface area (TPSA) is 0 Å². The molecule has 15 heavy (non-hydrogen) atoms. The second kappa shape index (κ2) is 4.26. The summed E-state index contributed by atoms with van der Waals surface area (Å²) in [6.45, 7) is 2.03. The zero-order chi connectivity index (χ0) is 10.8. The Morgan fingerprint density at radius 3 is 2.67 bits per heavy atom. The summed E-state index contributed by atoms with van der Waals surface area (Å²) in [6.07, 6.45) is 0. The van der Waals surface area contributed by atoms with Crippen LogP contribution in [0.5, 0.6) is 0 Å². The van der Waals surface area contributed by atoms with Crippen LogP contribution < -0.4 is 0 Å². The highest BCUT2D eigenvalue weighted by Gasteiger charge is 2.06. The van der Waals surface area contributed by atoms with Crippen molar-refractivity contribution >= 4 is 23.2 Å². The van der Waals surface area contributed by atoms with E-state index in [1.807, 2.05) is 43.3 Å². The molecule has 0 saturated heterocycles. The summed E-state index contributed by atoms with van der Waals surface area (Å²) >= 11 is 12.1. The molecule has 0 saturated carbocycles. The molecule has 1 radical (unpaired) electrons. The molecule has 0 aliphatic heterocycles. The maximum atomic E-state index is 6.11. The van der Waals surface area contributed by atoms with Crippen LogP contribution in [0.15, 0.2) is 36.4 Å². The number of aryl methyl sites for hydroxylation is 1. The Labute approximate surface area is 99.5 Å². The smallest absolute Gasteiger partial charge is 0.0490 e. The van der Waals surface area contributed by atoms with Gasteiger partial charge in [0.05, 0.1) is 0 Å². The lowest BCUT2D eigenvalue weighted by Crippen LogP contribution is -1.84. The minimum absolute atomic E-state index is 0.697. The molecule has 0 N–H and O–H groups in total. The van der Waals surface area contributed by atoms with Crippen LogP contribution in [-0.2, 0) is 0 Å². The molecule has 0 aromatic heterocycles. The minimum Gasteiger partial charge on any atom is -0.0843 e. The number of hydrogen-bond acceptors (Lipinski definition) is 0. The van der Waals surface area contributed by atoms with Crippen molar-refractivity contribution in [1.82, 2.24) is 0 Å². The van der Waals surface area contributed by atoms with Gasteiger partial charge in [0.25, 0.3) is 0 Å². The van der Waals surface area contributed by atoms with Crippen molar-refractivity contribution in [2.24, 2.45) is 0 Å². The van der Waals surface area contributed by atoms with Crippen molar-refractivity contribution in [3.8, 4) is 11.1 Å². The SMILES string of the molecule is Cc1ccc(Cl)cc1-c1[c]cccc1Cl. The Morgan fingerprint density at radius 2 is 1.93 bits per heavy atom. The molecule has 2 heteroatoms. The Bertz CT molecular complexity index is 490. The molecule has 2 aromatic carbocycles. The molecule has 0 amide bonds. The fourth-order valence-corrected chi connectivity index (χ4v) is 1.89. The predicted octanol–water partition coefficient (Wildman–Crippen LogP) is 4.77. The van der Waals surface area contributed by atoms with Gasteiger partial charge in [-0.1, -0.05) is 41.4 Å². The van der Waals surface area contributed by atoms with Crippen molar-refractivity contribution in [1.29, 1.82) is 0 Å². The highest BCUT2D eigenvalue weighted by atomic mass is 35.5. The molecule has 0 nitrogen and oxygen atoms in total. The largest absolute Gasteiger partial charge is 0.0843 e. The lowest BCUT2D eigenvalue weighted by Gasteiger charge is -2.07. The van der Waals surface area contributed by atoms with E-state index in [1.165, 1.54) is 0 Å². The summed E-state index contributed by atoms with van der Waals surface area (Å²) in [4.78, 5) is 0. The van der Waals surface area contributed by atoms with Gasteiger partial charge in [-0.25, -0.2) is 0 Å². The van der Waals surface area contributed by atoms with E-state index >= 15 is 0 Å². The van der Waals surface area contributed by atoms with Gasteiger partial charge in [0, 0.05) is 15.6 Å². The first-order valence-electron chi connectivity index (χ1n) is 4.61. The van der Waals surface area contributed by atoms with E-state index in [-0.39, 0.29) is 0 Å². The lowest BCUT2D eigenvalue weighted by atomic mass is 10.0. The molecule has 75 valence electrons. The predicted molar refractivity (Wildman–Crippen MR) is 65.5 cm³/mol. The van der Waals surface area contributed by atoms with Crippen LogP contribution in [0.2, 0.25) is 10.0 Å². The molecule has 0 fully saturated rings. The van der Waals surface area contributed by atoms with Gasteiger partial charge in [-0.3, -0.25) is 0 Å². The number of rotatable bonds is 1. The lowest BCUT2D eigenvalue weighted by molar-refractivity contribution is 1.46. The Kier molecular flexibility index (Phi) is 2.99. The molecular formula is C13H9Cl2. The number of halogens is 2. The molecule has 0 spiro atoms. The Hall–Kier alpha value is -0.980. The van der Waals surface area contributed by atoms with Crippen molar-refractivity contribution in [2.75, 3.05) is 0 Å². The second-order valence-electron chi connectivity index (χ2n) is 3.35. The van der Waals surface area contributed by atoms with Gasteiger partial charge in [-0.15, -0.1) is 0 Å². The molecule has 2 aromatic rings. The second-order valence-corrected chi connectivity index (χ2v) is 4.20. The van der Waals surface area contributed by atoms with E-state index < -0.39 is 0 Å². The quantitative estimate of drug-likeness (QED) is 0.669. The molecular weight excluding hydrogens is 227 g/mol. The summed E-state index contributed by atoms with van der Waals surface area (Å²) in [5.41, 5.74) is 3.08. The zero-order valence-electron chi connectivity index (χ0n) is 8.22. The number of benzene rings is 2. The Balaban J connectivity index is 2.64. The Morgan fingerprint density at radius 1 is 1.13 bits per heavy atom. The summed E-state index contributed by atoms with van der Waals surface area (Å²) in [7, 11) is 0. The summed E-state index contributed by atoms with van der Waals surface area (Å²) in [5.74, 6) is 0. The van der Waals surface area contributed by atoms with Crippen LogP contribution in [-0.4, -0.2) is 0 Å². The molecule has 0 heterocycles. The molecule has 0 aliphatic carbocycles. The standard InChI is InChI=1S/C13H9Cl2/c1-9-6-7-10(14)8-12(9)11-4-2-3-5-13(11)15/h2-3,5-8H,1H3. The van der Waals surface area contributed by atoms with Crippen molar-refractivity contribution in [2.45, 2.75) is 6.92 Å². The van der Waals surface area contributed by atoms with Gasteiger partial charge >= 0.3 is 0 Å². The fraction of sp³-hybridized carbons (Fsp3) is 0.0769. The first-order chi connectivity index (χ1) is 7.18. The summed E-state index contributed by atoms with van der Waals surface area (Å²) in [6, 6.07) is 14.5. The maximum Gasteiger partial charge on any atom is 0.0490 e. The highest BCUT2D eigenvalue weighted by molar-refractivity contribution is 6.33. The van der Waals surface area contributed by atoms with Crippen LogP contribution in [0, 0.1) is 13.0 Å². The molecule has 0 bridgehead atoms.